The smallest absolute Gasteiger partial charge is 0.277 e. The SMILES string of the molecule is Nc1c(N2CC(CS)CC2=O)[nH]c(=S)[nH]c1=O. The Hall–Kier alpha value is -1.28. The molecule has 1 aromatic heterocycles. The minimum atomic E-state index is -0.481. The van der Waals surface area contributed by atoms with E-state index in [4.69, 9.17) is 18.0 Å². The fourth-order valence-electron chi connectivity index (χ4n) is 1.82. The van der Waals surface area contributed by atoms with E-state index in [1.165, 1.54) is 4.90 Å². The number of nitrogens with zero attached hydrogens (tertiary/aromatic N) is 1. The van der Waals surface area contributed by atoms with Crippen molar-refractivity contribution in [3.63, 3.8) is 0 Å². The van der Waals surface area contributed by atoms with Crippen LogP contribution in [0.2, 0.25) is 0 Å². The summed E-state index contributed by atoms with van der Waals surface area (Å²) in [5.41, 5.74) is 5.14. The maximum absolute atomic E-state index is 11.8. The lowest BCUT2D eigenvalue weighted by Crippen LogP contribution is -2.29. The van der Waals surface area contributed by atoms with E-state index in [9.17, 15) is 9.59 Å². The zero-order valence-electron chi connectivity index (χ0n) is 8.90. The monoisotopic (exact) mass is 272 g/mol. The molecule has 0 aliphatic carbocycles. The summed E-state index contributed by atoms with van der Waals surface area (Å²) in [5.74, 6) is 0.998. The van der Waals surface area contributed by atoms with Crippen LogP contribution in [0, 0.1) is 10.7 Å². The van der Waals surface area contributed by atoms with E-state index >= 15 is 0 Å². The standard InChI is InChI=1S/C9H12N4O2S2/c10-6-7(11-9(17)12-8(6)15)13-2-4(3-16)1-5(13)14/h4,16H,1-3,10H2,(H2,11,12,15,17). The lowest BCUT2D eigenvalue weighted by Gasteiger charge is -2.17. The third-order valence-corrected chi connectivity index (χ3v) is 3.41. The molecule has 17 heavy (non-hydrogen) atoms. The Morgan fingerprint density at radius 1 is 1.47 bits per heavy atom. The molecule has 4 N–H and O–H groups in total. The summed E-state index contributed by atoms with van der Waals surface area (Å²) in [6.07, 6.45) is 0.413. The van der Waals surface area contributed by atoms with Gasteiger partial charge < -0.3 is 10.7 Å². The van der Waals surface area contributed by atoms with E-state index in [0.29, 0.717) is 18.7 Å². The van der Waals surface area contributed by atoms with Crippen molar-refractivity contribution in [2.24, 2.45) is 5.92 Å². The van der Waals surface area contributed by atoms with Gasteiger partial charge in [0.05, 0.1) is 0 Å². The molecule has 1 aliphatic heterocycles. The molecule has 0 aromatic carbocycles. The molecule has 2 rings (SSSR count). The Kier molecular flexibility index (Phi) is 3.25. The Morgan fingerprint density at radius 2 is 2.18 bits per heavy atom. The minimum absolute atomic E-state index is 0.0215. The van der Waals surface area contributed by atoms with E-state index < -0.39 is 5.56 Å². The molecule has 1 saturated heterocycles. The van der Waals surface area contributed by atoms with Gasteiger partial charge in [-0.2, -0.15) is 12.6 Å². The maximum atomic E-state index is 11.8. The lowest BCUT2D eigenvalue weighted by atomic mass is 10.1. The summed E-state index contributed by atoms with van der Waals surface area (Å²) >= 11 is 9.03. The number of nitrogens with one attached hydrogen (secondary N) is 2. The quantitative estimate of drug-likeness (QED) is 0.460. The van der Waals surface area contributed by atoms with Gasteiger partial charge in [-0.15, -0.1) is 0 Å². The van der Waals surface area contributed by atoms with Crippen LogP contribution in [0.3, 0.4) is 0 Å². The summed E-state index contributed by atoms with van der Waals surface area (Å²) in [4.78, 5) is 29.8. The van der Waals surface area contributed by atoms with Crippen molar-refractivity contribution in [1.29, 1.82) is 0 Å². The zero-order valence-corrected chi connectivity index (χ0v) is 10.6. The van der Waals surface area contributed by atoms with E-state index in [1.807, 2.05) is 0 Å². The maximum Gasteiger partial charge on any atom is 0.277 e. The van der Waals surface area contributed by atoms with Crippen molar-refractivity contribution in [3.05, 3.63) is 15.1 Å². The van der Waals surface area contributed by atoms with Crippen molar-refractivity contribution in [2.75, 3.05) is 22.9 Å². The van der Waals surface area contributed by atoms with Gasteiger partial charge in [-0.1, -0.05) is 0 Å². The molecule has 0 spiro atoms. The molecule has 1 amide bonds. The number of hydrogen-bond donors (Lipinski definition) is 4. The number of amides is 1. The molecule has 1 unspecified atom stereocenters. The van der Waals surface area contributed by atoms with Crippen molar-refractivity contribution >= 4 is 42.3 Å². The molecule has 0 bridgehead atoms. The first kappa shape index (κ1) is 12.2. The molecule has 1 aromatic rings. The Morgan fingerprint density at radius 3 is 2.76 bits per heavy atom. The van der Waals surface area contributed by atoms with Crippen LogP contribution < -0.4 is 16.2 Å². The highest BCUT2D eigenvalue weighted by Gasteiger charge is 2.31. The Balaban J connectivity index is 2.45. The van der Waals surface area contributed by atoms with Gasteiger partial charge in [-0.05, 0) is 23.9 Å². The number of rotatable bonds is 2. The van der Waals surface area contributed by atoms with Crippen molar-refractivity contribution < 1.29 is 4.79 Å². The van der Waals surface area contributed by atoms with Crippen molar-refractivity contribution in [1.82, 2.24) is 9.97 Å². The predicted molar refractivity (Wildman–Crippen MR) is 71.0 cm³/mol. The first-order chi connectivity index (χ1) is 8.02. The van der Waals surface area contributed by atoms with E-state index in [-0.39, 0.29) is 28.1 Å². The lowest BCUT2D eigenvalue weighted by molar-refractivity contribution is -0.117. The zero-order chi connectivity index (χ0) is 12.6. The Bertz CT molecular complexity index is 565. The average Bonchev–Trinajstić information content (AvgIpc) is 2.65. The van der Waals surface area contributed by atoms with Crippen molar-refractivity contribution in [2.45, 2.75) is 6.42 Å². The summed E-state index contributed by atoms with van der Waals surface area (Å²) < 4.78 is 0.154. The van der Waals surface area contributed by atoms with Crippen LogP contribution in [0.1, 0.15) is 6.42 Å². The van der Waals surface area contributed by atoms with Crippen LogP contribution in [-0.2, 0) is 4.79 Å². The number of carbonyl (C=O) groups excluding carboxylic acids is 1. The molecular formula is C9H12N4O2S2. The predicted octanol–water partition coefficient (Wildman–Crippen LogP) is 0.297. The molecule has 1 aliphatic rings. The highest BCUT2D eigenvalue weighted by atomic mass is 32.1. The van der Waals surface area contributed by atoms with Crippen LogP contribution in [-0.4, -0.2) is 28.2 Å². The highest BCUT2D eigenvalue weighted by molar-refractivity contribution is 7.80. The van der Waals surface area contributed by atoms with Crippen LogP contribution in [0.25, 0.3) is 0 Å². The highest BCUT2D eigenvalue weighted by Crippen LogP contribution is 2.26. The number of aromatic nitrogens is 2. The molecule has 6 nitrogen and oxygen atoms in total. The fourth-order valence-corrected chi connectivity index (χ4v) is 2.25. The topological polar surface area (TPSA) is 95.0 Å². The van der Waals surface area contributed by atoms with Crippen molar-refractivity contribution in [3.8, 4) is 0 Å². The van der Waals surface area contributed by atoms with Crippen LogP contribution in [0.4, 0.5) is 11.5 Å². The van der Waals surface area contributed by atoms with Gasteiger partial charge >= 0.3 is 0 Å². The number of nitrogen functional groups attached to an aromatic ring is 1. The number of anilines is 2. The molecule has 0 saturated carbocycles. The number of carbonyl (C=O) groups is 1. The molecule has 8 heteroatoms. The van der Waals surface area contributed by atoms with E-state index in [2.05, 4.69) is 22.6 Å². The number of nitrogens with two attached hydrogens (primary N) is 1. The number of thiol groups is 1. The summed E-state index contributed by atoms with van der Waals surface area (Å²) in [6, 6.07) is 0. The second kappa shape index (κ2) is 4.53. The van der Waals surface area contributed by atoms with E-state index in [1.54, 1.807) is 0 Å². The van der Waals surface area contributed by atoms with Crippen LogP contribution in [0.5, 0.6) is 0 Å². The molecule has 1 atom stereocenters. The fraction of sp³-hybridized carbons (Fsp3) is 0.444. The van der Waals surface area contributed by atoms with Gasteiger partial charge in [0.15, 0.2) is 4.77 Å². The first-order valence-corrected chi connectivity index (χ1v) is 6.10. The largest absolute Gasteiger partial charge is 0.391 e. The van der Waals surface area contributed by atoms with Gasteiger partial charge in [0.1, 0.15) is 11.5 Å². The van der Waals surface area contributed by atoms with E-state index in [0.717, 1.165) is 0 Å². The second-order valence-electron chi connectivity index (χ2n) is 3.93. The number of aromatic amines is 2. The van der Waals surface area contributed by atoms with Gasteiger partial charge in [0.25, 0.3) is 5.56 Å². The number of H-pyrrole nitrogens is 2. The second-order valence-corrected chi connectivity index (χ2v) is 4.70. The molecule has 92 valence electrons. The minimum Gasteiger partial charge on any atom is -0.391 e. The molecule has 2 heterocycles. The Labute approximate surface area is 108 Å². The molecule has 0 radical (unpaired) electrons. The summed E-state index contributed by atoms with van der Waals surface area (Å²) in [5, 5.41) is 0. The summed E-state index contributed by atoms with van der Waals surface area (Å²) in [6.45, 7) is 0.501. The van der Waals surface area contributed by atoms with Gasteiger partial charge in [-0.3, -0.25) is 19.5 Å². The normalized spacial score (nSPS) is 19.9. The number of hydrogen-bond acceptors (Lipinski definition) is 5. The average molecular weight is 272 g/mol. The van der Waals surface area contributed by atoms with Gasteiger partial charge in [0.2, 0.25) is 5.91 Å². The first-order valence-electron chi connectivity index (χ1n) is 5.06. The third kappa shape index (κ3) is 2.22. The van der Waals surface area contributed by atoms with Gasteiger partial charge in [0, 0.05) is 13.0 Å². The molecule has 1 fully saturated rings. The van der Waals surface area contributed by atoms with Gasteiger partial charge in [-0.25, -0.2) is 0 Å². The third-order valence-electron chi connectivity index (χ3n) is 2.69. The summed E-state index contributed by atoms with van der Waals surface area (Å²) in [7, 11) is 0. The molecular weight excluding hydrogens is 260 g/mol. The van der Waals surface area contributed by atoms with Crippen LogP contribution >= 0.6 is 24.8 Å². The van der Waals surface area contributed by atoms with Crippen LogP contribution in [0.15, 0.2) is 4.79 Å².